The van der Waals surface area contributed by atoms with Crippen LogP contribution in [0.3, 0.4) is 0 Å². The number of thioether (sulfide) groups is 1. The molecule has 1 aromatic heterocycles. The topological polar surface area (TPSA) is 94.8 Å². The number of pyridine rings is 1. The second kappa shape index (κ2) is 7.67. The van der Waals surface area contributed by atoms with Crippen molar-refractivity contribution in [1.82, 2.24) is 10.4 Å². The highest BCUT2D eigenvalue weighted by atomic mass is 32.2. The Morgan fingerprint density at radius 2 is 1.92 bits per heavy atom. The first-order chi connectivity index (χ1) is 12.1. The minimum Gasteiger partial charge on any atom is -0.508 e. The van der Waals surface area contributed by atoms with Crippen molar-refractivity contribution < 1.29 is 15.0 Å². The maximum Gasteiger partial charge on any atom is 0.250 e. The van der Waals surface area contributed by atoms with E-state index in [2.05, 4.69) is 15.5 Å². The fourth-order valence-electron chi connectivity index (χ4n) is 2.24. The highest BCUT2D eigenvalue weighted by molar-refractivity contribution is 8.00. The van der Waals surface area contributed by atoms with E-state index in [1.807, 2.05) is 30.3 Å². The number of nitrogens with zero attached hydrogens (tertiary/aromatic N) is 2. The average molecular weight is 353 g/mol. The number of para-hydroxylation sites is 1. The van der Waals surface area contributed by atoms with Gasteiger partial charge in [0.15, 0.2) is 0 Å². The lowest BCUT2D eigenvalue weighted by Gasteiger charge is -2.04. The molecule has 0 spiro atoms. The molecular weight excluding hydrogens is 338 g/mol. The molecule has 0 saturated carbocycles. The molecule has 7 heteroatoms. The van der Waals surface area contributed by atoms with Crippen LogP contribution in [0, 0.1) is 0 Å². The van der Waals surface area contributed by atoms with Crippen molar-refractivity contribution in [3.63, 3.8) is 0 Å². The summed E-state index contributed by atoms with van der Waals surface area (Å²) in [7, 11) is 0. The predicted molar refractivity (Wildman–Crippen MR) is 98.0 cm³/mol. The number of benzene rings is 2. The van der Waals surface area contributed by atoms with Crippen LogP contribution in [-0.2, 0) is 4.79 Å². The Bertz CT molecular complexity index is 918. The number of carbonyl (C=O) groups is 1. The van der Waals surface area contributed by atoms with Gasteiger partial charge in [0.2, 0.25) is 5.91 Å². The number of aromatic nitrogens is 1. The molecule has 1 amide bonds. The zero-order chi connectivity index (χ0) is 17.6. The van der Waals surface area contributed by atoms with E-state index in [9.17, 15) is 15.0 Å². The van der Waals surface area contributed by atoms with Crippen LogP contribution >= 0.6 is 11.8 Å². The molecule has 2 aromatic carbocycles. The van der Waals surface area contributed by atoms with Crippen LogP contribution in [0.2, 0.25) is 0 Å². The minimum absolute atomic E-state index is 0.0770. The van der Waals surface area contributed by atoms with E-state index in [1.165, 1.54) is 36.2 Å². The van der Waals surface area contributed by atoms with Gasteiger partial charge in [0.1, 0.15) is 11.5 Å². The highest BCUT2D eigenvalue weighted by Crippen LogP contribution is 2.25. The van der Waals surface area contributed by atoms with E-state index in [-0.39, 0.29) is 23.2 Å². The molecule has 3 aromatic rings. The molecule has 3 rings (SSSR count). The molecule has 0 aliphatic carbocycles. The molecule has 25 heavy (non-hydrogen) atoms. The Morgan fingerprint density at radius 1 is 1.16 bits per heavy atom. The Balaban J connectivity index is 1.58. The van der Waals surface area contributed by atoms with E-state index in [0.29, 0.717) is 5.56 Å². The Labute approximate surface area is 148 Å². The molecule has 0 bridgehead atoms. The second-order valence-corrected chi connectivity index (χ2v) is 6.21. The standard InChI is InChI=1S/C18H15N3O3S/c22-14-7-12(8-15(23)9-14)10-20-21-17(24)11-25-16-5-1-3-13-4-2-6-19-18(13)16/h1-10,22-23H,11H2,(H,21,24)/b20-10-. The van der Waals surface area contributed by atoms with Crippen LogP contribution < -0.4 is 5.43 Å². The van der Waals surface area contributed by atoms with E-state index < -0.39 is 0 Å². The number of nitrogens with one attached hydrogen (secondary N) is 1. The van der Waals surface area contributed by atoms with Crippen molar-refractivity contribution in [3.05, 3.63) is 60.3 Å². The highest BCUT2D eigenvalue weighted by Gasteiger charge is 2.06. The van der Waals surface area contributed by atoms with Crippen LogP contribution in [0.25, 0.3) is 10.9 Å². The summed E-state index contributed by atoms with van der Waals surface area (Å²) in [6.07, 6.45) is 3.07. The minimum atomic E-state index is -0.265. The zero-order valence-electron chi connectivity index (χ0n) is 13.1. The summed E-state index contributed by atoms with van der Waals surface area (Å²) in [6.45, 7) is 0. The van der Waals surface area contributed by atoms with Gasteiger partial charge in [0, 0.05) is 28.1 Å². The number of phenolic OH excluding ortho intramolecular Hbond substituents is 2. The molecule has 126 valence electrons. The van der Waals surface area contributed by atoms with E-state index in [4.69, 9.17) is 0 Å². The SMILES string of the molecule is O=C(CSc1cccc2cccnc12)N/N=C\c1cc(O)cc(O)c1. The van der Waals surface area contributed by atoms with Crippen LogP contribution in [0.15, 0.2) is 64.7 Å². The third kappa shape index (κ3) is 4.48. The van der Waals surface area contributed by atoms with Crippen molar-refractivity contribution >= 4 is 34.8 Å². The number of amides is 1. The van der Waals surface area contributed by atoms with Gasteiger partial charge >= 0.3 is 0 Å². The van der Waals surface area contributed by atoms with E-state index in [1.54, 1.807) is 6.20 Å². The summed E-state index contributed by atoms with van der Waals surface area (Å²) in [4.78, 5) is 17.2. The Hall–Kier alpha value is -3.06. The van der Waals surface area contributed by atoms with Gasteiger partial charge in [-0.05, 0) is 24.3 Å². The summed E-state index contributed by atoms with van der Waals surface area (Å²) in [5, 5.41) is 23.6. The van der Waals surface area contributed by atoms with Crippen molar-refractivity contribution in [3.8, 4) is 11.5 Å². The van der Waals surface area contributed by atoms with Crippen LogP contribution in [0.1, 0.15) is 5.56 Å². The molecule has 0 aliphatic rings. The maximum atomic E-state index is 11.9. The number of fused-ring (bicyclic) bond motifs is 1. The molecule has 0 atom stereocenters. The van der Waals surface area contributed by atoms with Gasteiger partial charge in [0.05, 0.1) is 17.5 Å². The van der Waals surface area contributed by atoms with Gasteiger partial charge in [-0.15, -0.1) is 11.8 Å². The number of phenols is 2. The van der Waals surface area contributed by atoms with Gasteiger partial charge < -0.3 is 10.2 Å². The monoisotopic (exact) mass is 353 g/mol. The number of hydrogen-bond acceptors (Lipinski definition) is 6. The number of carbonyl (C=O) groups excluding carboxylic acids is 1. The number of hydrogen-bond donors (Lipinski definition) is 3. The number of aromatic hydroxyl groups is 2. The molecule has 0 radical (unpaired) electrons. The summed E-state index contributed by atoms with van der Waals surface area (Å²) < 4.78 is 0. The van der Waals surface area contributed by atoms with E-state index >= 15 is 0 Å². The Morgan fingerprint density at radius 3 is 2.72 bits per heavy atom. The average Bonchev–Trinajstić information content (AvgIpc) is 2.59. The summed E-state index contributed by atoms with van der Waals surface area (Å²) in [5.74, 6) is -0.227. The summed E-state index contributed by atoms with van der Waals surface area (Å²) in [5.41, 5.74) is 3.75. The normalized spacial score (nSPS) is 11.0. The zero-order valence-corrected chi connectivity index (χ0v) is 13.9. The number of rotatable bonds is 5. The van der Waals surface area contributed by atoms with Gasteiger partial charge in [-0.1, -0.05) is 18.2 Å². The van der Waals surface area contributed by atoms with Gasteiger partial charge in [-0.25, -0.2) is 5.43 Å². The smallest absolute Gasteiger partial charge is 0.250 e. The first kappa shape index (κ1) is 16.8. The molecule has 6 nitrogen and oxygen atoms in total. The van der Waals surface area contributed by atoms with E-state index in [0.717, 1.165) is 15.8 Å². The van der Waals surface area contributed by atoms with Crippen molar-refractivity contribution in [1.29, 1.82) is 0 Å². The maximum absolute atomic E-state index is 11.9. The van der Waals surface area contributed by atoms with Crippen LogP contribution in [-0.4, -0.2) is 33.1 Å². The molecule has 0 aliphatic heterocycles. The third-order valence-electron chi connectivity index (χ3n) is 3.28. The first-order valence-corrected chi connectivity index (χ1v) is 8.42. The summed E-state index contributed by atoms with van der Waals surface area (Å²) in [6, 6.07) is 13.7. The fourth-order valence-corrected chi connectivity index (χ4v) is 3.07. The fraction of sp³-hybridized carbons (Fsp3) is 0.0556. The van der Waals surface area contributed by atoms with Gasteiger partial charge in [0.25, 0.3) is 0 Å². The number of hydrazone groups is 1. The molecular formula is C18H15N3O3S. The molecule has 0 unspecified atom stereocenters. The van der Waals surface area contributed by atoms with Crippen molar-refractivity contribution in [2.45, 2.75) is 4.90 Å². The Kier molecular flexibility index (Phi) is 5.15. The lowest BCUT2D eigenvalue weighted by Crippen LogP contribution is -2.19. The van der Waals surface area contributed by atoms with Crippen LogP contribution in [0.4, 0.5) is 0 Å². The third-order valence-corrected chi connectivity index (χ3v) is 4.33. The largest absolute Gasteiger partial charge is 0.508 e. The summed E-state index contributed by atoms with van der Waals surface area (Å²) >= 11 is 1.38. The predicted octanol–water partition coefficient (Wildman–Crippen LogP) is 2.89. The van der Waals surface area contributed by atoms with Crippen LogP contribution in [0.5, 0.6) is 11.5 Å². The first-order valence-electron chi connectivity index (χ1n) is 7.43. The lowest BCUT2D eigenvalue weighted by atomic mass is 10.2. The molecule has 0 saturated heterocycles. The molecule has 0 fully saturated rings. The lowest BCUT2D eigenvalue weighted by molar-refractivity contribution is -0.118. The van der Waals surface area contributed by atoms with Crippen molar-refractivity contribution in [2.75, 3.05) is 5.75 Å². The van der Waals surface area contributed by atoms with Gasteiger partial charge in [-0.3, -0.25) is 9.78 Å². The van der Waals surface area contributed by atoms with Gasteiger partial charge in [-0.2, -0.15) is 5.10 Å². The molecule has 1 heterocycles. The quantitative estimate of drug-likeness (QED) is 0.372. The second-order valence-electron chi connectivity index (χ2n) is 5.20. The molecule has 3 N–H and O–H groups in total. The van der Waals surface area contributed by atoms with Crippen molar-refractivity contribution in [2.24, 2.45) is 5.10 Å².